The molecule has 1 heterocycles. The van der Waals surface area contributed by atoms with Crippen molar-refractivity contribution in [3.05, 3.63) is 35.4 Å². The fourth-order valence-electron chi connectivity index (χ4n) is 1.57. The van der Waals surface area contributed by atoms with Crippen LogP contribution in [0.3, 0.4) is 0 Å². The topological polar surface area (TPSA) is 88.7 Å². The molecule has 2 N–H and O–H groups in total. The summed E-state index contributed by atoms with van der Waals surface area (Å²) in [4.78, 5) is 14.4. The van der Waals surface area contributed by atoms with Gasteiger partial charge in [-0.15, -0.1) is 0 Å². The number of nitrogens with zero attached hydrogens (tertiary/aromatic N) is 3. The van der Waals surface area contributed by atoms with Gasteiger partial charge in [0.1, 0.15) is 19.1 Å². The summed E-state index contributed by atoms with van der Waals surface area (Å²) in [6, 6.07) is 7.21. The third-order valence-corrected chi connectivity index (χ3v) is 2.38. The van der Waals surface area contributed by atoms with Gasteiger partial charge in [-0.05, 0) is 23.8 Å². The molecule has 0 amide bonds. The van der Waals surface area contributed by atoms with E-state index in [0.29, 0.717) is 23.5 Å². The van der Waals surface area contributed by atoms with Crippen LogP contribution >= 0.6 is 0 Å². The molecule has 0 bridgehead atoms. The second-order valence-electron chi connectivity index (χ2n) is 3.57. The second-order valence-corrected chi connectivity index (χ2v) is 3.57. The van der Waals surface area contributed by atoms with Crippen molar-refractivity contribution in [3.8, 4) is 6.07 Å². The number of nitriles is 1. The fraction of sp³-hybridized carbons (Fsp3) is 0.0833. The first-order chi connectivity index (χ1) is 8.70. The summed E-state index contributed by atoms with van der Waals surface area (Å²) in [7, 11) is 0. The molecule has 0 aliphatic carbocycles. The number of rotatable bonds is 3. The van der Waals surface area contributed by atoms with E-state index < -0.39 is 5.97 Å². The third kappa shape index (κ3) is 2.47. The normalized spacial score (nSPS) is 13.6. The van der Waals surface area contributed by atoms with Crippen LogP contribution in [0.1, 0.15) is 11.1 Å². The Hall–Kier alpha value is -2.81. The average molecular weight is 242 g/mol. The predicted octanol–water partition coefficient (Wildman–Crippen LogP) is 0.966. The maximum atomic E-state index is 10.4. The molecule has 0 saturated heterocycles. The molecule has 0 unspecified atom stereocenters. The monoisotopic (exact) mass is 242 g/mol. The van der Waals surface area contributed by atoms with Crippen LogP contribution < -0.4 is 10.4 Å². The van der Waals surface area contributed by atoms with Crippen molar-refractivity contribution >= 4 is 24.1 Å². The maximum absolute atomic E-state index is 10.4. The van der Waals surface area contributed by atoms with Gasteiger partial charge in [0.25, 0.3) is 0 Å². The Balaban J connectivity index is 2.29. The van der Waals surface area contributed by atoms with Crippen molar-refractivity contribution in [2.45, 2.75) is 0 Å². The molecule has 2 rings (SSSR count). The standard InChI is InChI=1S/C12H10N4O2/c13-6-10-5-9(2-4-12(17)18)1-3-11(10)16-8-14-7-15-16/h1-5,7H,8H2,(H,14,15)(H,17,18)/b4-2+. The molecule has 1 aliphatic rings. The van der Waals surface area contributed by atoms with Crippen LogP contribution in [0, 0.1) is 11.3 Å². The largest absolute Gasteiger partial charge is 0.478 e. The molecule has 0 spiro atoms. The van der Waals surface area contributed by atoms with Crippen LogP contribution in [0.15, 0.2) is 29.3 Å². The van der Waals surface area contributed by atoms with Gasteiger partial charge >= 0.3 is 5.97 Å². The number of hydrazine groups is 1. The number of carboxylic acids is 1. The smallest absolute Gasteiger partial charge is 0.328 e. The number of carboxylic acid groups (broad SMARTS) is 1. The lowest BCUT2D eigenvalue weighted by Crippen LogP contribution is -2.32. The first-order valence-electron chi connectivity index (χ1n) is 5.18. The molecule has 1 aromatic rings. The number of aliphatic imine (C=N–C) groups is 1. The Morgan fingerprint density at radius 1 is 1.61 bits per heavy atom. The summed E-state index contributed by atoms with van der Waals surface area (Å²) in [5, 5.41) is 19.4. The quantitative estimate of drug-likeness (QED) is 0.771. The highest BCUT2D eigenvalue weighted by Crippen LogP contribution is 2.21. The second kappa shape index (κ2) is 5.01. The summed E-state index contributed by atoms with van der Waals surface area (Å²) in [5.74, 6) is -1.02. The molecule has 6 heteroatoms. The lowest BCUT2D eigenvalue weighted by atomic mass is 10.1. The summed E-state index contributed by atoms with van der Waals surface area (Å²) < 4.78 is 0. The number of anilines is 1. The highest BCUT2D eigenvalue weighted by Gasteiger charge is 2.12. The van der Waals surface area contributed by atoms with E-state index in [4.69, 9.17) is 10.4 Å². The van der Waals surface area contributed by atoms with E-state index in [0.717, 1.165) is 6.08 Å². The van der Waals surface area contributed by atoms with Crippen molar-refractivity contribution in [3.63, 3.8) is 0 Å². The van der Waals surface area contributed by atoms with E-state index in [2.05, 4.69) is 16.5 Å². The summed E-state index contributed by atoms with van der Waals surface area (Å²) in [6.45, 7) is 0.443. The number of hydrogen-bond donors (Lipinski definition) is 2. The van der Waals surface area contributed by atoms with Gasteiger partial charge in [0.15, 0.2) is 0 Å². The van der Waals surface area contributed by atoms with Gasteiger partial charge in [-0.1, -0.05) is 6.07 Å². The molecule has 1 aliphatic heterocycles. The van der Waals surface area contributed by atoms with Gasteiger partial charge < -0.3 is 5.11 Å². The minimum Gasteiger partial charge on any atom is -0.478 e. The van der Waals surface area contributed by atoms with Crippen molar-refractivity contribution in [2.75, 3.05) is 11.7 Å². The number of aliphatic carboxylic acids is 1. The highest BCUT2D eigenvalue weighted by molar-refractivity contribution is 5.85. The van der Waals surface area contributed by atoms with E-state index in [1.54, 1.807) is 29.5 Å². The maximum Gasteiger partial charge on any atom is 0.328 e. The number of benzene rings is 1. The molecule has 6 nitrogen and oxygen atoms in total. The Labute approximate surface area is 103 Å². The SMILES string of the molecule is N#Cc1cc(/C=C/C(=O)O)ccc1N1CN=CN1. The fourth-order valence-corrected chi connectivity index (χ4v) is 1.57. The van der Waals surface area contributed by atoms with Crippen molar-refractivity contribution < 1.29 is 9.90 Å². The molecule has 0 fully saturated rings. The van der Waals surface area contributed by atoms with Gasteiger partial charge in [0, 0.05) is 6.08 Å². The highest BCUT2D eigenvalue weighted by atomic mass is 16.4. The Kier molecular flexibility index (Phi) is 3.25. The molecule has 1 aromatic carbocycles. The third-order valence-electron chi connectivity index (χ3n) is 2.38. The molecule has 0 saturated carbocycles. The Bertz CT molecular complexity index is 564. The van der Waals surface area contributed by atoms with E-state index in [-0.39, 0.29) is 0 Å². The summed E-state index contributed by atoms with van der Waals surface area (Å²) in [6.07, 6.45) is 4.04. The first kappa shape index (κ1) is 11.7. The van der Waals surface area contributed by atoms with Crippen LogP contribution in [-0.2, 0) is 4.79 Å². The molecular weight excluding hydrogens is 232 g/mol. The van der Waals surface area contributed by atoms with Crippen LogP contribution in [0.2, 0.25) is 0 Å². The summed E-state index contributed by atoms with van der Waals surface area (Å²) in [5.41, 5.74) is 4.73. The minimum atomic E-state index is -1.02. The number of nitrogens with one attached hydrogen (secondary N) is 1. The van der Waals surface area contributed by atoms with Gasteiger partial charge in [0.2, 0.25) is 0 Å². The summed E-state index contributed by atoms with van der Waals surface area (Å²) >= 11 is 0. The zero-order chi connectivity index (χ0) is 13.0. The lowest BCUT2D eigenvalue weighted by Gasteiger charge is -2.18. The van der Waals surface area contributed by atoms with Gasteiger partial charge in [-0.3, -0.25) is 15.4 Å². The Morgan fingerprint density at radius 2 is 2.44 bits per heavy atom. The number of hydrogen-bond acceptors (Lipinski definition) is 5. The van der Waals surface area contributed by atoms with Gasteiger partial charge in [0.05, 0.1) is 11.3 Å². The minimum absolute atomic E-state index is 0.443. The zero-order valence-electron chi connectivity index (χ0n) is 9.37. The van der Waals surface area contributed by atoms with Gasteiger partial charge in [-0.25, -0.2) is 4.79 Å². The van der Waals surface area contributed by atoms with Crippen molar-refractivity contribution in [2.24, 2.45) is 4.99 Å². The van der Waals surface area contributed by atoms with E-state index in [1.807, 2.05) is 0 Å². The molecule has 0 radical (unpaired) electrons. The molecule has 18 heavy (non-hydrogen) atoms. The lowest BCUT2D eigenvalue weighted by molar-refractivity contribution is -0.131. The van der Waals surface area contributed by atoms with Crippen LogP contribution in [0.5, 0.6) is 0 Å². The molecular formula is C12H10N4O2. The first-order valence-corrected chi connectivity index (χ1v) is 5.18. The molecule has 0 atom stereocenters. The van der Waals surface area contributed by atoms with Crippen LogP contribution in [-0.4, -0.2) is 24.1 Å². The number of carbonyl (C=O) groups is 1. The van der Waals surface area contributed by atoms with Crippen LogP contribution in [0.25, 0.3) is 6.08 Å². The van der Waals surface area contributed by atoms with Crippen molar-refractivity contribution in [1.29, 1.82) is 5.26 Å². The van der Waals surface area contributed by atoms with E-state index >= 15 is 0 Å². The zero-order valence-corrected chi connectivity index (χ0v) is 9.37. The van der Waals surface area contributed by atoms with E-state index in [9.17, 15) is 4.79 Å². The predicted molar refractivity (Wildman–Crippen MR) is 66.8 cm³/mol. The molecule has 90 valence electrons. The average Bonchev–Trinajstić information content (AvgIpc) is 2.89. The molecule has 0 aromatic heterocycles. The van der Waals surface area contributed by atoms with Gasteiger partial charge in [-0.2, -0.15) is 5.26 Å². The van der Waals surface area contributed by atoms with Crippen LogP contribution in [0.4, 0.5) is 5.69 Å². The Morgan fingerprint density at radius 3 is 3.06 bits per heavy atom. The van der Waals surface area contributed by atoms with Crippen molar-refractivity contribution in [1.82, 2.24) is 5.43 Å². The van der Waals surface area contributed by atoms with E-state index in [1.165, 1.54) is 6.08 Å².